The van der Waals surface area contributed by atoms with E-state index in [9.17, 15) is 0 Å². The van der Waals surface area contributed by atoms with Crippen LogP contribution in [0.25, 0.3) is 0 Å². The topological polar surface area (TPSA) is 37.8 Å². The van der Waals surface area contributed by atoms with Crippen molar-refractivity contribution in [1.29, 1.82) is 0 Å². The third-order valence-corrected chi connectivity index (χ3v) is 3.16. The van der Waals surface area contributed by atoms with Gasteiger partial charge in [0.05, 0.1) is 6.04 Å². The van der Waals surface area contributed by atoms with Crippen LogP contribution in [0.2, 0.25) is 0 Å². The first-order valence-electron chi connectivity index (χ1n) is 4.54. The lowest BCUT2D eigenvalue weighted by Crippen LogP contribution is -2.06. The van der Waals surface area contributed by atoms with Gasteiger partial charge in [0, 0.05) is 4.47 Å². The second-order valence-corrected chi connectivity index (χ2v) is 4.91. The Morgan fingerprint density at radius 1 is 1.47 bits per heavy atom. The van der Waals surface area contributed by atoms with Crippen LogP contribution in [0.4, 0.5) is 5.13 Å². The number of rotatable bonds is 3. The number of hydrogen-bond donors (Lipinski definition) is 1. The van der Waals surface area contributed by atoms with Crippen molar-refractivity contribution in [3.63, 3.8) is 0 Å². The highest BCUT2D eigenvalue weighted by atomic mass is 79.9. The third-order valence-electron chi connectivity index (χ3n) is 2.05. The van der Waals surface area contributed by atoms with Crippen LogP contribution in [0.1, 0.15) is 18.5 Å². The molecule has 1 atom stereocenters. The van der Waals surface area contributed by atoms with Gasteiger partial charge in [-0.2, -0.15) is 0 Å². The van der Waals surface area contributed by atoms with Gasteiger partial charge >= 0.3 is 0 Å². The average molecular weight is 284 g/mol. The predicted molar refractivity (Wildman–Crippen MR) is 66.1 cm³/mol. The van der Waals surface area contributed by atoms with E-state index in [4.69, 9.17) is 0 Å². The zero-order valence-electron chi connectivity index (χ0n) is 8.14. The van der Waals surface area contributed by atoms with Crippen molar-refractivity contribution < 1.29 is 0 Å². The summed E-state index contributed by atoms with van der Waals surface area (Å²) in [6.07, 6.45) is 0. The summed E-state index contributed by atoms with van der Waals surface area (Å²) in [5, 5.41) is 11.9. The zero-order chi connectivity index (χ0) is 10.7. The Balaban J connectivity index is 2.11. The minimum Gasteiger partial charge on any atom is -0.354 e. The highest BCUT2D eigenvalue weighted by molar-refractivity contribution is 9.10. The van der Waals surface area contributed by atoms with Gasteiger partial charge < -0.3 is 5.32 Å². The van der Waals surface area contributed by atoms with E-state index < -0.39 is 0 Å². The fourth-order valence-electron chi connectivity index (χ4n) is 1.28. The van der Waals surface area contributed by atoms with Gasteiger partial charge in [0.1, 0.15) is 5.51 Å². The van der Waals surface area contributed by atoms with Crippen LogP contribution >= 0.6 is 27.3 Å². The van der Waals surface area contributed by atoms with Gasteiger partial charge in [-0.05, 0) is 24.6 Å². The van der Waals surface area contributed by atoms with E-state index in [1.54, 1.807) is 5.51 Å². The largest absolute Gasteiger partial charge is 0.354 e. The van der Waals surface area contributed by atoms with Crippen LogP contribution < -0.4 is 5.32 Å². The Morgan fingerprint density at radius 3 is 3.00 bits per heavy atom. The summed E-state index contributed by atoms with van der Waals surface area (Å²) in [7, 11) is 0. The summed E-state index contributed by atoms with van der Waals surface area (Å²) < 4.78 is 1.09. The molecule has 5 heteroatoms. The molecule has 1 unspecified atom stereocenters. The lowest BCUT2D eigenvalue weighted by Gasteiger charge is -2.12. The second-order valence-electron chi connectivity index (χ2n) is 3.16. The maximum absolute atomic E-state index is 3.95. The van der Waals surface area contributed by atoms with Gasteiger partial charge in [-0.1, -0.05) is 39.4 Å². The number of halogens is 1. The molecule has 78 valence electrons. The van der Waals surface area contributed by atoms with E-state index in [-0.39, 0.29) is 6.04 Å². The van der Waals surface area contributed by atoms with Crippen molar-refractivity contribution in [2.75, 3.05) is 5.32 Å². The Labute approximate surface area is 101 Å². The predicted octanol–water partition coefficient (Wildman–Crippen LogP) is 3.47. The first-order chi connectivity index (χ1) is 7.25. The van der Waals surface area contributed by atoms with E-state index in [0.717, 1.165) is 9.60 Å². The Morgan fingerprint density at radius 2 is 2.33 bits per heavy atom. The minimum absolute atomic E-state index is 0.232. The molecule has 2 aromatic rings. The van der Waals surface area contributed by atoms with Crippen LogP contribution in [0.15, 0.2) is 34.2 Å². The lowest BCUT2D eigenvalue weighted by molar-refractivity contribution is 0.873. The minimum atomic E-state index is 0.232. The summed E-state index contributed by atoms with van der Waals surface area (Å²) in [6.45, 7) is 2.10. The monoisotopic (exact) mass is 283 g/mol. The van der Waals surface area contributed by atoms with Crippen LogP contribution in [-0.4, -0.2) is 10.2 Å². The number of aromatic nitrogens is 2. The number of anilines is 1. The van der Waals surface area contributed by atoms with Crippen molar-refractivity contribution >= 4 is 32.4 Å². The molecule has 0 saturated heterocycles. The maximum atomic E-state index is 3.95. The number of nitrogens with one attached hydrogen (secondary N) is 1. The van der Waals surface area contributed by atoms with Crippen molar-refractivity contribution in [1.82, 2.24) is 10.2 Å². The molecule has 0 aliphatic heterocycles. The summed E-state index contributed by atoms with van der Waals surface area (Å²) in [4.78, 5) is 0. The van der Waals surface area contributed by atoms with Crippen molar-refractivity contribution in [3.8, 4) is 0 Å². The normalized spacial score (nSPS) is 12.4. The van der Waals surface area contributed by atoms with Gasteiger partial charge in [-0.25, -0.2) is 0 Å². The standard InChI is InChI=1S/C10H10BrN3S/c1-7(13-10-14-12-6-15-10)8-3-2-4-9(11)5-8/h2-7H,1H3,(H,13,14). The lowest BCUT2D eigenvalue weighted by atomic mass is 10.1. The summed E-state index contributed by atoms with van der Waals surface area (Å²) in [5.41, 5.74) is 2.94. The molecule has 0 saturated carbocycles. The molecule has 0 aliphatic rings. The van der Waals surface area contributed by atoms with E-state index in [1.165, 1.54) is 16.9 Å². The molecule has 1 N–H and O–H groups in total. The molecule has 2 rings (SSSR count). The van der Waals surface area contributed by atoms with Crippen LogP contribution in [0.3, 0.4) is 0 Å². The molecule has 0 radical (unpaired) electrons. The Bertz CT molecular complexity index is 430. The van der Waals surface area contributed by atoms with Crippen molar-refractivity contribution in [2.45, 2.75) is 13.0 Å². The Hall–Kier alpha value is -0.940. The van der Waals surface area contributed by atoms with E-state index in [1.807, 2.05) is 12.1 Å². The molecule has 0 aliphatic carbocycles. The molecule has 0 amide bonds. The van der Waals surface area contributed by atoms with E-state index >= 15 is 0 Å². The third kappa shape index (κ3) is 2.76. The molecule has 0 bridgehead atoms. The van der Waals surface area contributed by atoms with Gasteiger partial charge in [0.25, 0.3) is 0 Å². The first kappa shape index (κ1) is 10.6. The average Bonchev–Trinajstić information content (AvgIpc) is 2.70. The Kier molecular flexibility index (Phi) is 3.33. The summed E-state index contributed by atoms with van der Waals surface area (Å²) in [5.74, 6) is 0. The van der Waals surface area contributed by atoms with Gasteiger partial charge in [0.15, 0.2) is 0 Å². The van der Waals surface area contributed by atoms with Gasteiger partial charge in [0.2, 0.25) is 5.13 Å². The SMILES string of the molecule is CC(Nc1nncs1)c1cccc(Br)c1. The molecule has 15 heavy (non-hydrogen) atoms. The first-order valence-corrected chi connectivity index (χ1v) is 6.21. The molecular weight excluding hydrogens is 274 g/mol. The van der Waals surface area contributed by atoms with Crippen molar-refractivity contribution in [3.05, 3.63) is 39.8 Å². The molecule has 1 aromatic heterocycles. The molecule has 1 aromatic carbocycles. The highest BCUT2D eigenvalue weighted by Crippen LogP contribution is 2.22. The summed E-state index contributed by atoms with van der Waals surface area (Å²) in [6, 6.07) is 8.46. The highest BCUT2D eigenvalue weighted by Gasteiger charge is 2.06. The molecule has 0 spiro atoms. The maximum Gasteiger partial charge on any atom is 0.205 e. The smallest absolute Gasteiger partial charge is 0.205 e. The van der Waals surface area contributed by atoms with E-state index in [2.05, 4.69) is 50.5 Å². The molecule has 0 fully saturated rings. The zero-order valence-corrected chi connectivity index (χ0v) is 10.5. The van der Waals surface area contributed by atoms with Crippen molar-refractivity contribution in [2.24, 2.45) is 0 Å². The summed E-state index contributed by atoms with van der Waals surface area (Å²) >= 11 is 4.96. The fourth-order valence-corrected chi connectivity index (χ4v) is 2.23. The number of nitrogens with zero attached hydrogens (tertiary/aromatic N) is 2. The van der Waals surface area contributed by atoms with Crippen LogP contribution in [0, 0.1) is 0 Å². The number of hydrogen-bond acceptors (Lipinski definition) is 4. The molecule has 3 nitrogen and oxygen atoms in total. The van der Waals surface area contributed by atoms with Gasteiger partial charge in [-0.3, -0.25) is 0 Å². The van der Waals surface area contributed by atoms with Crippen LogP contribution in [0.5, 0.6) is 0 Å². The number of benzene rings is 1. The van der Waals surface area contributed by atoms with Gasteiger partial charge in [-0.15, -0.1) is 10.2 Å². The quantitative estimate of drug-likeness (QED) is 0.937. The van der Waals surface area contributed by atoms with Crippen LogP contribution in [-0.2, 0) is 0 Å². The molecule has 1 heterocycles. The molecular formula is C10H10BrN3S. The van der Waals surface area contributed by atoms with E-state index in [0.29, 0.717) is 0 Å². The second kappa shape index (κ2) is 4.72. The fraction of sp³-hybridized carbons (Fsp3) is 0.200.